The lowest BCUT2D eigenvalue weighted by molar-refractivity contribution is 0.530. The lowest BCUT2D eigenvalue weighted by Crippen LogP contribution is -2.16. The second-order valence-corrected chi connectivity index (χ2v) is 4.37. The minimum absolute atomic E-state index is 0.918. The van der Waals surface area contributed by atoms with Crippen LogP contribution in [0.1, 0.15) is 24.5 Å². The number of rotatable bonds is 7. The molecule has 0 saturated carbocycles. The Morgan fingerprint density at radius 3 is 2.61 bits per heavy atom. The van der Waals surface area contributed by atoms with Crippen LogP contribution in [-0.2, 0) is 19.5 Å². The molecule has 18 heavy (non-hydrogen) atoms. The maximum Gasteiger partial charge on any atom is 0.0692 e. The third-order valence-corrected chi connectivity index (χ3v) is 2.97. The van der Waals surface area contributed by atoms with Crippen LogP contribution in [0.25, 0.3) is 0 Å². The Bertz CT molecular complexity index is 433. The van der Waals surface area contributed by atoms with E-state index in [0.29, 0.717) is 0 Å². The maximum absolute atomic E-state index is 3.93. The smallest absolute Gasteiger partial charge is 0.0692 e. The van der Waals surface area contributed by atoms with Crippen LogP contribution in [0.3, 0.4) is 0 Å². The molecule has 0 spiro atoms. The van der Waals surface area contributed by atoms with Gasteiger partial charge in [0.15, 0.2) is 0 Å². The van der Waals surface area contributed by atoms with Crippen molar-refractivity contribution in [1.82, 2.24) is 20.3 Å². The Hall–Kier alpha value is -1.68. The Kier molecular flexibility index (Phi) is 4.90. The van der Waals surface area contributed by atoms with Crippen molar-refractivity contribution >= 4 is 0 Å². The lowest BCUT2D eigenvalue weighted by Gasteiger charge is -2.05. The third-order valence-electron chi connectivity index (χ3n) is 2.97. The summed E-state index contributed by atoms with van der Waals surface area (Å²) in [5.74, 6) is 0. The van der Waals surface area contributed by atoms with Crippen LogP contribution in [0, 0.1) is 0 Å². The van der Waals surface area contributed by atoms with Crippen LogP contribution in [0.2, 0.25) is 0 Å². The molecule has 1 heterocycles. The van der Waals surface area contributed by atoms with Gasteiger partial charge in [-0.3, -0.25) is 4.68 Å². The second-order valence-electron chi connectivity index (χ2n) is 4.37. The van der Waals surface area contributed by atoms with Crippen molar-refractivity contribution in [2.24, 2.45) is 0 Å². The highest BCUT2D eigenvalue weighted by molar-refractivity contribution is 5.22. The Balaban J connectivity index is 1.62. The number of nitrogens with one attached hydrogen (secondary N) is 1. The average molecular weight is 244 g/mol. The molecule has 0 aliphatic heterocycles. The van der Waals surface area contributed by atoms with Gasteiger partial charge in [-0.2, -0.15) is 0 Å². The van der Waals surface area contributed by atoms with Gasteiger partial charge < -0.3 is 5.32 Å². The summed E-state index contributed by atoms with van der Waals surface area (Å²) in [7, 11) is 0. The summed E-state index contributed by atoms with van der Waals surface area (Å²) < 4.78 is 1.86. The van der Waals surface area contributed by atoms with E-state index in [9.17, 15) is 0 Å². The number of benzene rings is 1. The monoisotopic (exact) mass is 244 g/mol. The zero-order valence-corrected chi connectivity index (χ0v) is 10.8. The van der Waals surface area contributed by atoms with Gasteiger partial charge in [-0.05, 0) is 30.5 Å². The second kappa shape index (κ2) is 6.91. The van der Waals surface area contributed by atoms with Gasteiger partial charge in [0, 0.05) is 19.3 Å². The fourth-order valence-corrected chi connectivity index (χ4v) is 1.84. The molecule has 2 aromatic rings. The van der Waals surface area contributed by atoms with E-state index in [1.54, 1.807) is 6.20 Å². The summed E-state index contributed by atoms with van der Waals surface area (Å²) >= 11 is 0. The van der Waals surface area contributed by atoms with E-state index in [-0.39, 0.29) is 0 Å². The average Bonchev–Trinajstić information content (AvgIpc) is 2.92. The number of aromatic nitrogens is 3. The molecule has 0 aliphatic rings. The summed E-state index contributed by atoms with van der Waals surface area (Å²) in [6, 6.07) is 8.80. The van der Waals surface area contributed by atoms with E-state index in [1.165, 1.54) is 11.1 Å². The van der Waals surface area contributed by atoms with Crippen molar-refractivity contribution in [3.63, 3.8) is 0 Å². The minimum Gasteiger partial charge on any atom is -0.313 e. The van der Waals surface area contributed by atoms with E-state index in [2.05, 4.69) is 46.8 Å². The first-order valence-electron chi connectivity index (χ1n) is 6.51. The maximum atomic E-state index is 3.93. The predicted octanol–water partition coefficient (Wildman–Crippen LogP) is 2.02. The molecule has 0 aliphatic carbocycles. The molecule has 4 heteroatoms. The molecule has 0 saturated heterocycles. The molecule has 96 valence electrons. The van der Waals surface area contributed by atoms with Gasteiger partial charge in [0.25, 0.3) is 0 Å². The molecule has 0 bridgehead atoms. The topological polar surface area (TPSA) is 42.7 Å². The van der Waals surface area contributed by atoms with Crippen LogP contribution in [-0.4, -0.2) is 21.5 Å². The molecule has 1 aromatic heterocycles. The highest BCUT2D eigenvalue weighted by Crippen LogP contribution is 2.04. The molecule has 1 aromatic carbocycles. The fraction of sp³-hybridized carbons (Fsp3) is 0.429. The van der Waals surface area contributed by atoms with Gasteiger partial charge >= 0.3 is 0 Å². The number of nitrogens with zero attached hydrogens (tertiary/aromatic N) is 3. The van der Waals surface area contributed by atoms with Crippen molar-refractivity contribution in [3.8, 4) is 0 Å². The molecule has 0 radical (unpaired) electrons. The summed E-state index contributed by atoms with van der Waals surface area (Å²) in [6.07, 6.45) is 5.77. The normalized spacial score (nSPS) is 10.7. The molecule has 1 N–H and O–H groups in total. The molecular formula is C14H20N4. The van der Waals surface area contributed by atoms with Crippen molar-refractivity contribution in [2.45, 2.75) is 32.9 Å². The third kappa shape index (κ3) is 3.96. The quantitative estimate of drug-likeness (QED) is 0.758. The lowest BCUT2D eigenvalue weighted by atomic mass is 10.1. The van der Waals surface area contributed by atoms with Crippen LogP contribution in [0.15, 0.2) is 36.7 Å². The first-order valence-corrected chi connectivity index (χ1v) is 6.51. The van der Waals surface area contributed by atoms with Gasteiger partial charge in [-0.15, -0.1) is 5.10 Å². The Morgan fingerprint density at radius 1 is 1.17 bits per heavy atom. The Labute approximate surface area is 108 Å². The van der Waals surface area contributed by atoms with Gasteiger partial charge in [0.1, 0.15) is 0 Å². The molecular weight excluding hydrogens is 224 g/mol. The largest absolute Gasteiger partial charge is 0.313 e. The van der Waals surface area contributed by atoms with E-state index in [4.69, 9.17) is 0 Å². The van der Waals surface area contributed by atoms with Crippen molar-refractivity contribution in [2.75, 3.05) is 6.54 Å². The van der Waals surface area contributed by atoms with Gasteiger partial charge in [0.2, 0.25) is 0 Å². The SMILES string of the molecule is CCc1ccc(CNCCCn2ccnn2)cc1. The summed E-state index contributed by atoms with van der Waals surface area (Å²) in [4.78, 5) is 0. The zero-order chi connectivity index (χ0) is 12.6. The van der Waals surface area contributed by atoms with Crippen LogP contribution in [0.5, 0.6) is 0 Å². The molecule has 2 rings (SSSR count). The minimum atomic E-state index is 0.918. The summed E-state index contributed by atoms with van der Waals surface area (Å²) in [5, 5.41) is 11.1. The van der Waals surface area contributed by atoms with E-state index in [0.717, 1.165) is 32.5 Å². The zero-order valence-electron chi connectivity index (χ0n) is 10.8. The first kappa shape index (κ1) is 12.8. The van der Waals surface area contributed by atoms with Crippen molar-refractivity contribution < 1.29 is 0 Å². The van der Waals surface area contributed by atoms with Crippen LogP contribution < -0.4 is 5.32 Å². The molecule has 4 nitrogen and oxygen atoms in total. The first-order chi connectivity index (χ1) is 8.88. The molecule has 0 amide bonds. The number of aryl methyl sites for hydroxylation is 2. The van der Waals surface area contributed by atoms with Gasteiger partial charge in [-0.1, -0.05) is 36.4 Å². The van der Waals surface area contributed by atoms with Crippen LogP contribution in [0.4, 0.5) is 0 Å². The highest BCUT2D eigenvalue weighted by atomic mass is 15.4. The van der Waals surface area contributed by atoms with Gasteiger partial charge in [0.05, 0.1) is 6.20 Å². The van der Waals surface area contributed by atoms with Gasteiger partial charge in [-0.25, -0.2) is 0 Å². The van der Waals surface area contributed by atoms with Crippen molar-refractivity contribution in [1.29, 1.82) is 0 Å². The predicted molar refractivity (Wildman–Crippen MR) is 72.2 cm³/mol. The standard InChI is InChI=1S/C14H20N4/c1-2-13-4-6-14(7-5-13)12-15-8-3-10-18-11-9-16-17-18/h4-7,9,11,15H,2-3,8,10,12H2,1H3. The summed E-state index contributed by atoms with van der Waals surface area (Å²) in [5.41, 5.74) is 2.73. The van der Waals surface area contributed by atoms with Crippen LogP contribution >= 0.6 is 0 Å². The van der Waals surface area contributed by atoms with Crippen molar-refractivity contribution in [3.05, 3.63) is 47.8 Å². The summed E-state index contributed by atoms with van der Waals surface area (Å²) in [6.45, 7) is 5.02. The highest BCUT2D eigenvalue weighted by Gasteiger charge is 1.94. The molecule has 0 atom stereocenters. The van der Waals surface area contributed by atoms with E-state index < -0.39 is 0 Å². The Morgan fingerprint density at radius 2 is 1.94 bits per heavy atom. The molecule has 0 unspecified atom stereocenters. The van der Waals surface area contributed by atoms with E-state index in [1.807, 2.05) is 10.9 Å². The number of hydrogen-bond acceptors (Lipinski definition) is 3. The van der Waals surface area contributed by atoms with E-state index >= 15 is 0 Å². The molecule has 0 fully saturated rings. The number of hydrogen-bond donors (Lipinski definition) is 1. The fourth-order valence-electron chi connectivity index (χ4n) is 1.84.